The van der Waals surface area contributed by atoms with Crippen LogP contribution in [0.4, 0.5) is 0 Å². The van der Waals surface area contributed by atoms with Gasteiger partial charge in [-0.25, -0.2) is 0 Å². The third kappa shape index (κ3) is 3.10. The lowest BCUT2D eigenvalue weighted by Crippen LogP contribution is -2.11. The van der Waals surface area contributed by atoms with Crippen molar-refractivity contribution in [1.29, 1.82) is 0 Å². The van der Waals surface area contributed by atoms with Gasteiger partial charge in [-0.2, -0.15) is 4.98 Å². The van der Waals surface area contributed by atoms with Crippen molar-refractivity contribution < 1.29 is 14.0 Å². The van der Waals surface area contributed by atoms with Crippen molar-refractivity contribution in [1.82, 2.24) is 10.1 Å². The van der Waals surface area contributed by atoms with Crippen LogP contribution in [0.1, 0.15) is 31.6 Å². The molecule has 1 heterocycles. The van der Waals surface area contributed by atoms with E-state index < -0.39 is 0 Å². The number of rotatable bonds is 5. The maximum atomic E-state index is 6.06. The lowest BCUT2D eigenvalue weighted by atomic mass is 10.2. The molecule has 0 spiro atoms. The Kier molecular flexibility index (Phi) is 4.63. The molecule has 0 unspecified atom stereocenters. The predicted molar refractivity (Wildman–Crippen MR) is 84.8 cm³/mol. The summed E-state index contributed by atoms with van der Waals surface area (Å²) in [5.74, 6) is 2.25. The maximum Gasteiger partial charge on any atom is 0.240 e. The summed E-state index contributed by atoms with van der Waals surface area (Å²) < 4.78 is 17.4. The highest BCUT2D eigenvalue weighted by Crippen LogP contribution is 2.39. The molecular weight excluding hydrogens is 350 g/mol. The van der Waals surface area contributed by atoms with Crippen molar-refractivity contribution in [2.75, 3.05) is 7.11 Å². The number of halogens is 1. The van der Waals surface area contributed by atoms with Crippen molar-refractivity contribution in [3.63, 3.8) is 0 Å². The molecule has 1 aliphatic rings. The smallest absolute Gasteiger partial charge is 0.240 e. The Hall–Kier alpha value is -1.60. The first-order valence-corrected chi connectivity index (χ1v) is 8.07. The molecule has 6 nitrogen and oxygen atoms in total. The SMILES string of the molecule is COc1cc(-c2noc(CN)n2)c(Br)cc1OC1CCCC1. The lowest BCUT2D eigenvalue weighted by molar-refractivity contribution is 0.200. The first kappa shape index (κ1) is 15.3. The number of benzene rings is 1. The fourth-order valence-electron chi connectivity index (χ4n) is 2.59. The Morgan fingerprint density at radius 2 is 2.09 bits per heavy atom. The molecule has 1 fully saturated rings. The van der Waals surface area contributed by atoms with Crippen molar-refractivity contribution >= 4 is 15.9 Å². The highest BCUT2D eigenvalue weighted by Gasteiger charge is 2.21. The van der Waals surface area contributed by atoms with Crippen LogP contribution in [0, 0.1) is 0 Å². The van der Waals surface area contributed by atoms with Crippen LogP contribution in [0.2, 0.25) is 0 Å². The molecule has 1 aromatic heterocycles. The zero-order valence-electron chi connectivity index (χ0n) is 12.3. The molecule has 22 heavy (non-hydrogen) atoms. The van der Waals surface area contributed by atoms with Crippen LogP contribution in [0.3, 0.4) is 0 Å². The first-order chi connectivity index (χ1) is 10.7. The molecule has 1 saturated carbocycles. The largest absolute Gasteiger partial charge is 0.493 e. The maximum absolute atomic E-state index is 6.06. The van der Waals surface area contributed by atoms with E-state index in [-0.39, 0.29) is 12.6 Å². The number of hydrogen-bond donors (Lipinski definition) is 1. The lowest BCUT2D eigenvalue weighted by Gasteiger charge is -2.17. The van der Waals surface area contributed by atoms with Gasteiger partial charge in [-0.15, -0.1) is 0 Å². The molecular formula is C15H18BrN3O3. The molecule has 0 bridgehead atoms. The minimum Gasteiger partial charge on any atom is -0.493 e. The summed E-state index contributed by atoms with van der Waals surface area (Å²) in [7, 11) is 1.62. The second-order valence-electron chi connectivity index (χ2n) is 5.22. The fourth-order valence-corrected chi connectivity index (χ4v) is 3.09. The predicted octanol–water partition coefficient (Wildman–Crippen LogP) is 3.29. The fraction of sp³-hybridized carbons (Fsp3) is 0.467. The van der Waals surface area contributed by atoms with Crippen molar-refractivity contribution in [3.05, 3.63) is 22.5 Å². The first-order valence-electron chi connectivity index (χ1n) is 7.28. The van der Waals surface area contributed by atoms with E-state index in [9.17, 15) is 0 Å². The standard InChI is InChI=1S/C15H18BrN3O3/c1-20-12-6-10(15-18-14(8-17)22-19-15)11(16)7-13(12)21-9-4-2-3-5-9/h6-7,9H,2-5,8,17H2,1H3. The van der Waals surface area contributed by atoms with Crippen molar-refractivity contribution in [3.8, 4) is 22.9 Å². The summed E-state index contributed by atoms with van der Waals surface area (Å²) in [6.07, 6.45) is 4.88. The Bertz CT molecular complexity index is 653. The van der Waals surface area contributed by atoms with Gasteiger partial charge in [-0.1, -0.05) is 5.16 Å². The van der Waals surface area contributed by atoms with Gasteiger partial charge in [0.25, 0.3) is 0 Å². The molecule has 3 rings (SSSR count). The molecule has 7 heteroatoms. The summed E-state index contributed by atoms with van der Waals surface area (Å²) in [6, 6.07) is 3.74. The Morgan fingerprint density at radius 1 is 1.32 bits per heavy atom. The normalized spacial score (nSPS) is 15.2. The van der Waals surface area contributed by atoms with Crippen LogP contribution in [0.25, 0.3) is 11.4 Å². The molecule has 1 aliphatic carbocycles. The molecule has 0 atom stereocenters. The summed E-state index contributed by atoms with van der Waals surface area (Å²) in [5, 5.41) is 3.93. The van der Waals surface area contributed by atoms with Crippen LogP contribution in [0.5, 0.6) is 11.5 Å². The van der Waals surface area contributed by atoms with Gasteiger partial charge in [0.05, 0.1) is 19.8 Å². The summed E-state index contributed by atoms with van der Waals surface area (Å²) in [5.41, 5.74) is 6.28. The minimum absolute atomic E-state index is 0.213. The number of methoxy groups -OCH3 is 1. The summed E-state index contributed by atoms with van der Waals surface area (Å²) in [4.78, 5) is 4.24. The minimum atomic E-state index is 0.213. The molecule has 0 amide bonds. The van der Waals surface area contributed by atoms with Gasteiger partial charge >= 0.3 is 0 Å². The number of hydrogen-bond acceptors (Lipinski definition) is 6. The number of aromatic nitrogens is 2. The molecule has 0 saturated heterocycles. The zero-order valence-corrected chi connectivity index (χ0v) is 13.9. The van der Waals surface area contributed by atoms with Crippen LogP contribution in [-0.2, 0) is 6.54 Å². The van der Waals surface area contributed by atoms with Crippen LogP contribution in [0.15, 0.2) is 21.1 Å². The topological polar surface area (TPSA) is 83.4 Å². The summed E-state index contributed by atoms with van der Waals surface area (Å²) in [6.45, 7) is 0.213. The van der Waals surface area contributed by atoms with E-state index in [0.29, 0.717) is 17.5 Å². The Balaban J connectivity index is 1.92. The van der Waals surface area contributed by atoms with Crippen LogP contribution < -0.4 is 15.2 Å². The van der Waals surface area contributed by atoms with Crippen molar-refractivity contribution in [2.45, 2.75) is 38.3 Å². The number of ether oxygens (including phenoxy) is 2. The van der Waals surface area contributed by atoms with Gasteiger partial charge in [0, 0.05) is 10.0 Å². The number of nitrogens with zero attached hydrogens (tertiary/aromatic N) is 2. The van der Waals surface area contributed by atoms with Crippen LogP contribution >= 0.6 is 15.9 Å². The molecule has 2 N–H and O–H groups in total. The summed E-state index contributed by atoms with van der Waals surface area (Å²) >= 11 is 3.54. The van der Waals surface area contributed by atoms with E-state index in [0.717, 1.165) is 28.6 Å². The highest BCUT2D eigenvalue weighted by molar-refractivity contribution is 9.10. The molecule has 1 aromatic carbocycles. The second-order valence-corrected chi connectivity index (χ2v) is 6.08. The number of nitrogens with two attached hydrogens (primary N) is 1. The van der Waals surface area contributed by atoms with E-state index in [1.165, 1.54) is 12.8 Å². The molecule has 0 radical (unpaired) electrons. The quantitative estimate of drug-likeness (QED) is 0.872. The third-order valence-corrected chi connectivity index (χ3v) is 4.39. The molecule has 2 aromatic rings. The highest BCUT2D eigenvalue weighted by atomic mass is 79.9. The zero-order chi connectivity index (χ0) is 15.5. The molecule has 0 aliphatic heterocycles. The van der Waals surface area contributed by atoms with E-state index >= 15 is 0 Å². The average Bonchev–Trinajstić information content (AvgIpc) is 3.18. The Morgan fingerprint density at radius 3 is 2.73 bits per heavy atom. The van der Waals surface area contributed by atoms with Crippen molar-refractivity contribution in [2.24, 2.45) is 5.73 Å². The van der Waals surface area contributed by atoms with Gasteiger partial charge in [-0.05, 0) is 53.7 Å². The Labute approximate surface area is 137 Å². The van der Waals surface area contributed by atoms with Gasteiger partial charge in [0.1, 0.15) is 0 Å². The second kappa shape index (κ2) is 6.66. The monoisotopic (exact) mass is 367 g/mol. The van der Waals surface area contributed by atoms with E-state index in [1.54, 1.807) is 7.11 Å². The van der Waals surface area contributed by atoms with Gasteiger partial charge in [0.15, 0.2) is 11.5 Å². The third-order valence-electron chi connectivity index (χ3n) is 3.73. The van der Waals surface area contributed by atoms with Gasteiger partial charge in [-0.3, -0.25) is 0 Å². The van der Waals surface area contributed by atoms with E-state index in [2.05, 4.69) is 26.1 Å². The average molecular weight is 368 g/mol. The van der Waals surface area contributed by atoms with Gasteiger partial charge < -0.3 is 19.7 Å². The van der Waals surface area contributed by atoms with Crippen LogP contribution in [-0.4, -0.2) is 23.4 Å². The van der Waals surface area contributed by atoms with Gasteiger partial charge in [0.2, 0.25) is 11.7 Å². The van der Waals surface area contributed by atoms with E-state index in [1.807, 2.05) is 12.1 Å². The van der Waals surface area contributed by atoms with E-state index in [4.69, 9.17) is 19.7 Å². The molecule has 118 valence electrons.